The Morgan fingerprint density at radius 3 is 3.33 bits per heavy atom. The first-order valence-electron chi connectivity index (χ1n) is 2.89. The number of fused-ring (bicyclic) bond motifs is 1. The molecular formula is C6H7N2S. The van der Waals surface area contributed by atoms with E-state index in [4.69, 9.17) is 0 Å². The predicted molar refractivity (Wildman–Crippen MR) is 36.1 cm³/mol. The van der Waals surface area contributed by atoms with E-state index in [1.54, 1.807) is 11.3 Å². The summed E-state index contributed by atoms with van der Waals surface area (Å²) < 4.78 is 0. The molecule has 0 N–H and O–H groups in total. The minimum Gasteiger partial charge on any atom is -0.295 e. The van der Waals surface area contributed by atoms with Crippen LogP contribution in [0.5, 0.6) is 0 Å². The fraction of sp³-hybridized carbons (Fsp3) is 0.500. The first-order valence-corrected chi connectivity index (χ1v) is 3.71. The van der Waals surface area contributed by atoms with Crippen LogP contribution in [0.2, 0.25) is 0 Å². The van der Waals surface area contributed by atoms with Crippen LogP contribution in [-0.2, 0) is 13.1 Å². The Hall–Kier alpha value is -0.410. The number of aromatic nitrogens is 1. The maximum Gasteiger partial charge on any atom is 0.152 e. The van der Waals surface area contributed by atoms with Gasteiger partial charge in [-0.15, -0.1) is 11.3 Å². The maximum absolute atomic E-state index is 4.10. The summed E-state index contributed by atoms with van der Waals surface area (Å²) in [6, 6.07) is 0. The van der Waals surface area contributed by atoms with Crippen molar-refractivity contribution in [3.63, 3.8) is 0 Å². The second-order valence-corrected chi connectivity index (χ2v) is 3.23. The highest BCUT2D eigenvalue weighted by molar-refractivity contribution is 7.09. The number of nitrogens with zero attached hydrogens (tertiary/aromatic N) is 2. The van der Waals surface area contributed by atoms with E-state index in [9.17, 15) is 0 Å². The molecule has 1 aromatic rings. The van der Waals surface area contributed by atoms with Crippen molar-refractivity contribution < 1.29 is 0 Å². The van der Waals surface area contributed by atoms with Crippen LogP contribution in [0.4, 0.5) is 0 Å². The molecule has 0 aromatic carbocycles. The molecule has 0 aliphatic carbocycles. The molecule has 1 aliphatic rings. The Bertz CT molecular complexity index is 198. The van der Waals surface area contributed by atoms with Gasteiger partial charge in [-0.05, 0) is 7.05 Å². The summed E-state index contributed by atoms with van der Waals surface area (Å²) in [4.78, 5) is 7.74. The number of hydrogen-bond donors (Lipinski definition) is 0. The third-order valence-corrected chi connectivity index (χ3v) is 2.30. The molecule has 47 valence electrons. The fourth-order valence-corrected chi connectivity index (χ4v) is 1.84. The van der Waals surface area contributed by atoms with Gasteiger partial charge in [0.05, 0.1) is 5.69 Å². The van der Waals surface area contributed by atoms with E-state index in [2.05, 4.69) is 22.4 Å². The number of hydrogen-bond acceptors (Lipinski definition) is 3. The molecule has 1 radical (unpaired) electrons. The van der Waals surface area contributed by atoms with Gasteiger partial charge in [0, 0.05) is 18.0 Å². The van der Waals surface area contributed by atoms with Gasteiger partial charge in [0.15, 0.2) is 5.51 Å². The monoisotopic (exact) mass is 139 g/mol. The van der Waals surface area contributed by atoms with Gasteiger partial charge in [0.1, 0.15) is 0 Å². The lowest BCUT2D eigenvalue weighted by Gasteiger charge is -2.02. The van der Waals surface area contributed by atoms with Gasteiger partial charge >= 0.3 is 0 Å². The minimum atomic E-state index is 1.01. The summed E-state index contributed by atoms with van der Waals surface area (Å²) in [6.45, 7) is 2.08. The highest BCUT2D eigenvalue weighted by Crippen LogP contribution is 2.22. The lowest BCUT2D eigenvalue weighted by Crippen LogP contribution is -2.07. The highest BCUT2D eigenvalue weighted by Gasteiger charge is 2.17. The van der Waals surface area contributed by atoms with Crippen LogP contribution >= 0.6 is 11.3 Å². The summed E-state index contributed by atoms with van der Waals surface area (Å²) in [7, 11) is 2.11. The van der Waals surface area contributed by atoms with Crippen molar-refractivity contribution in [2.75, 3.05) is 7.05 Å². The first-order chi connectivity index (χ1) is 4.36. The average Bonchev–Trinajstić information content (AvgIpc) is 2.22. The second-order valence-electron chi connectivity index (χ2n) is 2.35. The van der Waals surface area contributed by atoms with Gasteiger partial charge in [0.2, 0.25) is 0 Å². The van der Waals surface area contributed by atoms with Crippen LogP contribution in [-0.4, -0.2) is 16.9 Å². The maximum atomic E-state index is 4.10. The highest BCUT2D eigenvalue weighted by atomic mass is 32.1. The number of thiazole rings is 1. The Kier molecular flexibility index (Phi) is 1.07. The summed E-state index contributed by atoms with van der Waals surface area (Å²) in [5, 5.41) is 0. The van der Waals surface area contributed by atoms with Gasteiger partial charge in [-0.2, -0.15) is 0 Å². The van der Waals surface area contributed by atoms with Crippen LogP contribution in [0.1, 0.15) is 10.6 Å². The van der Waals surface area contributed by atoms with Gasteiger partial charge in [-0.25, -0.2) is 4.98 Å². The van der Waals surface area contributed by atoms with Crippen molar-refractivity contribution >= 4 is 11.3 Å². The molecule has 3 heteroatoms. The predicted octanol–water partition coefficient (Wildman–Crippen LogP) is 0.889. The molecule has 0 unspecified atom stereocenters. The molecule has 0 saturated carbocycles. The molecular weight excluding hydrogens is 132 g/mol. The summed E-state index contributed by atoms with van der Waals surface area (Å²) in [6.07, 6.45) is 0. The average molecular weight is 139 g/mol. The lowest BCUT2D eigenvalue weighted by atomic mass is 10.4. The Balaban J connectivity index is 2.39. The molecule has 0 amide bonds. The van der Waals surface area contributed by atoms with E-state index in [1.165, 1.54) is 10.6 Å². The standard InChI is InChI=1S/C6H7N2S/c1-8-2-5-6(3-8)9-4-7-5/h2-3H2,1H3. The largest absolute Gasteiger partial charge is 0.295 e. The minimum absolute atomic E-state index is 1.01. The quantitative estimate of drug-likeness (QED) is 0.530. The second kappa shape index (κ2) is 1.78. The molecule has 2 nitrogen and oxygen atoms in total. The molecule has 2 heterocycles. The van der Waals surface area contributed by atoms with E-state index >= 15 is 0 Å². The van der Waals surface area contributed by atoms with Crippen molar-refractivity contribution in [3.05, 3.63) is 16.1 Å². The zero-order valence-corrected chi connectivity index (χ0v) is 6.03. The van der Waals surface area contributed by atoms with Crippen LogP contribution in [0, 0.1) is 5.51 Å². The molecule has 1 aromatic heterocycles. The Labute approximate surface area is 58.1 Å². The Morgan fingerprint density at radius 2 is 2.56 bits per heavy atom. The van der Waals surface area contributed by atoms with Crippen LogP contribution in [0.15, 0.2) is 0 Å². The van der Waals surface area contributed by atoms with Crippen LogP contribution < -0.4 is 0 Å². The van der Waals surface area contributed by atoms with Crippen LogP contribution in [0.25, 0.3) is 0 Å². The SMILES string of the molecule is CN1Cc2n[c]sc2C1. The molecule has 2 rings (SSSR count). The first kappa shape index (κ1) is 5.38. The van der Waals surface area contributed by atoms with Crippen molar-refractivity contribution in [1.29, 1.82) is 0 Å². The van der Waals surface area contributed by atoms with E-state index in [0.29, 0.717) is 0 Å². The molecule has 1 aliphatic heterocycles. The van der Waals surface area contributed by atoms with Gasteiger partial charge < -0.3 is 0 Å². The summed E-state index contributed by atoms with van der Waals surface area (Å²) >= 11 is 1.64. The zero-order chi connectivity index (χ0) is 6.27. The molecule has 9 heavy (non-hydrogen) atoms. The smallest absolute Gasteiger partial charge is 0.152 e. The Morgan fingerprint density at radius 1 is 1.67 bits per heavy atom. The topological polar surface area (TPSA) is 16.1 Å². The number of rotatable bonds is 0. The molecule has 0 spiro atoms. The van der Waals surface area contributed by atoms with Gasteiger partial charge in [-0.1, -0.05) is 0 Å². The van der Waals surface area contributed by atoms with E-state index < -0.39 is 0 Å². The van der Waals surface area contributed by atoms with Gasteiger partial charge in [0.25, 0.3) is 0 Å². The molecule has 0 atom stereocenters. The third-order valence-electron chi connectivity index (χ3n) is 1.50. The summed E-state index contributed by atoms with van der Waals surface area (Å²) in [5.74, 6) is 0. The fourth-order valence-electron chi connectivity index (χ4n) is 1.06. The zero-order valence-electron chi connectivity index (χ0n) is 5.22. The van der Waals surface area contributed by atoms with E-state index in [1.807, 2.05) is 0 Å². The normalized spacial score (nSPS) is 18.3. The van der Waals surface area contributed by atoms with Gasteiger partial charge in [-0.3, -0.25) is 4.90 Å². The van der Waals surface area contributed by atoms with E-state index in [0.717, 1.165) is 13.1 Å². The third kappa shape index (κ3) is 0.767. The molecule has 0 fully saturated rings. The van der Waals surface area contributed by atoms with Crippen molar-refractivity contribution in [2.45, 2.75) is 13.1 Å². The van der Waals surface area contributed by atoms with Crippen molar-refractivity contribution in [3.8, 4) is 0 Å². The van der Waals surface area contributed by atoms with Crippen molar-refractivity contribution in [2.24, 2.45) is 0 Å². The van der Waals surface area contributed by atoms with Crippen LogP contribution in [0.3, 0.4) is 0 Å². The lowest BCUT2D eigenvalue weighted by molar-refractivity contribution is 0.352. The summed E-state index contributed by atoms with van der Waals surface area (Å²) in [5.41, 5.74) is 4.11. The molecule has 0 saturated heterocycles. The van der Waals surface area contributed by atoms with Crippen molar-refractivity contribution in [1.82, 2.24) is 9.88 Å². The molecule has 0 bridgehead atoms. The van der Waals surface area contributed by atoms with E-state index in [-0.39, 0.29) is 0 Å².